The van der Waals surface area contributed by atoms with Crippen LogP contribution < -0.4 is 5.32 Å². The predicted octanol–water partition coefficient (Wildman–Crippen LogP) is -0.238. The first kappa shape index (κ1) is 13.6. The summed E-state index contributed by atoms with van der Waals surface area (Å²) in [6.45, 7) is 12.3. The van der Waals surface area contributed by atoms with Crippen LogP contribution in [0.25, 0.3) is 0 Å². The highest BCUT2D eigenvalue weighted by molar-refractivity contribution is 4.75. The normalized spacial score (nSPS) is 18.6. The Morgan fingerprint density at radius 2 is 2.19 bits per heavy atom. The van der Waals surface area contributed by atoms with Gasteiger partial charge in [0.2, 0.25) is 0 Å². The van der Waals surface area contributed by atoms with Crippen molar-refractivity contribution < 1.29 is 5.11 Å². The third kappa shape index (κ3) is 5.61. The van der Waals surface area contributed by atoms with Crippen molar-refractivity contribution in [3.8, 4) is 0 Å². The molecule has 1 heterocycles. The van der Waals surface area contributed by atoms with E-state index in [1.54, 1.807) is 0 Å². The molecule has 0 aromatic rings. The minimum Gasteiger partial charge on any atom is -0.395 e. The Kier molecular flexibility index (Phi) is 7.42. The fraction of sp³-hybridized carbons (Fsp3) is 0.833. The van der Waals surface area contributed by atoms with Crippen LogP contribution in [-0.4, -0.2) is 73.9 Å². The van der Waals surface area contributed by atoms with Gasteiger partial charge in [-0.2, -0.15) is 0 Å². The molecule has 0 amide bonds. The van der Waals surface area contributed by atoms with Crippen LogP contribution in [0.5, 0.6) is 0 Å². The van der Waals surface area contributed by atoms with Gasteiger partial charge in [0.05, 0.1) is 6.61 Å². The van der Waals surface area contributed by atoms with Gasteiger partial charge in [0, 0.05) is 39.3 Å². The topological polar surface area (TPSA) is 38.7 Å². The van der Waals surface area contributed by atoms with Gasteiger partial charge in [-0.25, -0.2) is 0 Å². The Labute approximate surface area is 98.9 Å². The molecule has 0 unspecified atom stereocenters. The van der Waals surface area contributed by atoms with E-state index < -0.39 is 0 Å². The van der Waals surface area contributed by atoms with Crippen molar-refractivity contribution in [2.24, 2.45) is 0 Å². The molecule has 4 heteroatoms. The van der Waals surface area contributed by atoms with Gasteiger partial charge < -0.3 is 15.3 Å². The lowest BCUT2D eigenvalue weighted by Crippen LogP contribution is -2.38. The standard InChI is InChI=1S/C12H25N3O/c1-2-6-14(11-12-16)9-10-15-7-3-4-13-5-8-15/h2,13,16H,1,3-12H2. The second-order valence-electron chi connectivity index (χ2n) is 4.26. The number of hydrogen-bond acceptors (Lipinski definition) is 4. The Morgan fingerprint density at radius 3 is 2.94 bits per heavy atom. The summed E-state index contributed by atoms with van der Waals surface area (Å²) < 4.78 is 0. The van der Waals surface area contributed by atoms with Crippen molar-refractivity contribution in [3.63, 3.8) is 0 Å². The van der Waals surface area contributed by atoms with E-state index in [1.165, 1.54) is 13.0 Å². The molecule has 1 aliphatic rings. The molecule has 1 fully saturated rings. The van der Waals surface area contributed by atoms with E-state index in [-0.39, 0.29) is 6.61 Å². The highest BCUT2D eigenvalue weighted by atomic mass is 16.3. The van der Waals surface area contributed by atoms with Gasteiger partial charge in [-0.15, -0.1) is 6.58 Å². The Bertz CT molecular complexity index is 179. The zero-order valence-corrected chi connectivity index (χ0v) is 10.2. The minimum absolute atomic E-state index is 0.232. The number of rotatable bonds is 7. The largest absolute Gasteiger partial charge is 0.395 e. The Hall–Kier alpha value is -0.420. The fourth-order valence-corrected chi connectivity index (χ4v) is 2.03. The quantitative estimate of drug-likeness (QED) is 0.589. The zero-order chi connectivity index (χ0) is 11.6. The van der Waals surface area contributed by atoms with E-state index in [1.807, 2.05) is 6.08 Å². The van der Waals surface area contributed by atoms with Crippen molar-refractivity contribution in [1.29, 1.82) is 0 Å². The number of hydrogen-bond donors (Lipinski definition) is 2. The third-order valence-corrected chi connectivity index (χ3v) is 2.97. The van der Waals surface area contributed by atoms with Crippen LogP contribution in [0.1, 0.15) is 6.42 Å². The lowest BCUT2D eigenvalue weighted by Gasteiger charge is -2.25. The van der Waals surface area contributed by atoms with Gasteiger partial charge in [0.25, 0.3) is 0 Å². The molecule has 0 saturated carbocycles. The molecular formula is C12H25N3O. The van der Waals surface area contributed by atoms with Gasteiger partial charge in [-0.3, -0.25) is 4.90 Å². The van der Waals surface area contributed by atoms with E-state index in [4.69, 9.17) is 5.11 Å². The van der Waals surface area contributed by atoms with Crippen molar-refractivity contribution in [1.82, 2.24) is 15.1 Å². The van der Waals surface area contributed by atoms with Crippen molar-refractivity contribution in [2.75, 3.05) is 59.0 Å². The van der Waals surface area contributed by atoms with Crippen molar-refractivity contribution in [3.05, 3.63) is 12.7 Å². The highest BCUT2D eigenvalue weighted by Gasteiger charge is 2.09. The molecule has 94 valence electrons. The summed E-state index contributed by atoms with van der Waals surface area (Å²) in [6.07, 6.45) is 3.14. The molecule has 0 bridgehead atoms. The molecule has 0 spiro atoms. The highest BCUT2D eigenvalue weighted by Crippen LogP contribution is 1.97. The molecule has 1 saturated heterocycles. The minimum atomic E-state index is 0.232. The number of nitrogens with zero attached hydrogens (tertiary/aromatic N) is 2. The summed E-state index contributed by atoms with van der Waals surface area (Å²) in [6, 6.07) is 0. The van der Waals surface area contributed by atoms with Crippen LogP contribution in [0, 0.1) is 0 Å². The monoisotopic (exact) mass is 227 g/mol. The van der Waals surface area contributed by atoms with Gasteiger partial charge in [0.15, 0.2) is 0 Å². The van der Waals surface area contributed by atoms with Crippen LogP contribution in [0.3, 0.4) is 0 Å². The molecule has 0 aromatic carbocycles. The van der Waals surface area contributed by atoms with Gasteiger partial charge in [0.1, 0.15) is 0 Å². The predicted molar refractivity (Wildman–Crippen MR) is 67.6 cm³/mol. The van der Waals surface area contributed by atoms with Crippen LogP contribution in [0.2, 0.25) is 0 Å². The lowest BCUT2D eigenvalue weighted by atomic mass is 10.3. The summed E-state index contributed by atoms with van der Waals surface area (Å²) in [5.41, 5.74) is 0. The van der Waals surface area contributed by atoms with E-state index in [2.05, 4.69) is 21.7 Å². The maximum atomic E-state index is 8.95. The van der Waals surface area contributed by atoms with E-state index in [0.717, 1.165) is 45.8 Å². The molecule has 4 nitrogen and oxygen atoms in total. The summed E-state index contributed by atoms with van der Waals surface area (Å²) in [7, 11) is 0. The smallest absolute Gasteiger partial charge is 0.0558 e. The second-order valence-corrected chi connectivity index (χ2v) is 4.26. The molecule has 2 N–H and O–H groups in total. The Morgan fingerprint density at radius 1 is 1.31 bits per heavy atom. The van der Waals surface area contributed by atoms with Gasteiger partial charge in [-0.05, 0) is 19.5 Å². The number of nitrogens with one attached hydrogen (secondary N) is 1. The summed E-state index contributed by atoms with van der Waals surface area (Å²) in [5, 5.41) is 12.3. The van der Waals surface area contributed by atoms with E-state index in [9.17, 15) is 0 Å². The Balaban J connectivity index is 2.20. The maximum Gasteiger partial charge on any atom is 0.0558 e. The molecule has 0 radical (unpaired) electrons. The second kappa shape index (κ2) is 8.70. The lowest BCUT2D eigenvalue weighted by molar-refractivity contribution is 0.182. The van der Waals surface area contributed by atoms with Crippen LogP contribution in [0.4, 0.5) is 0 Å². The molecule has 0 aliphatic carbocycles. The zero-order valence-electron chi connectivity index (χ0n) is 10.2. The van der Waals surface area contributed by atoms with Crippen LogP contribution in [0.15, 0.2) is 12.7 Å². The number of aliphatic hydroxyl groups excluding tert-OH is 1. The van der Waals surface area contributed by atoms with Gasteiger partial charge >= 0.3 is 0 Å². The number of aliphatic hydroxyl groups is 1. The third-order valence-electron chi connectivity index (χ3n) is 2.97. The first-order valence-corrected chi connectivity index (χ1v) is 6.24. The summed E-state index contributed by atoms with van der Waals surface area (Å²) in [4.78, 5) is 4.73. The van der Waals surface area contributed by atoms with E-state index >= 15 is 0 Å². The molecule has 0 aromatic heterocycles. The molecule has 1 aliphatic heterocycles. The fourth-order valence-electron chi connectivity index (χ4n) is 2.03. The van der Waals surface area contributed by atoms with Gasteiger partial charge in [-0.1, -0.05) is 6.08 Å². The van der Waals surface area contributed by atoms with Crippen molar-refractivity contribution in [2.45, 2.75) is 6.42 Å². The average molecular weight is 227 g/mol. The first-order chi connectivity index (χ1) is 7.86. The molecular weight excluding hydrogens is 202 g/mol. The van der Waals surface area contributed by atoms with Crippen molar-refractivity contribution >= 4 is 0 Å². The summed E-state index contributed by atoms with van der Waals surface area (Å²) in [5.74, 6) is 0. The average Bonchev–Trinajstić information content (AvgIpc) is 2.55. The SMILES string of the molecule is C=CCN(CCO)CCN1CCCNCC1. The maximum absolute atomic E-state index is 8.95. The molecule has 0 atom stereocenters. The summed E-state index contributed by atoms with van der Waals surface area (Å²) >= 11 is 0. The molecule has 1 rings (SSSR count). The molecule has 16 heavy (non-hydrogen) atoms. The van der Waals surface area contributed by atoms with E-state index in [0.29, 0.717) is 0 Å². The first-order valence-electron chi connectivity index (χ1n) is 6.24. The van der Waals surface area contributed by atoms with Crippen LogP contribution in [-0.2, 0) is 0 Å². The van der Waals surface area contributed by atoms with Crippen LogP contribution >= 0.6 is 0 Å².